The Hall–Kier alpha value is -3.35. The summed E-state index contributed by atoms with van der Waals surface area (Å²) in [5.41, 5.74) is 3.38. The first-order valence-corrected chi connectivity index (χ1v) is 13.1. The van der Waals surface area contributed by atoms with E-state index in [0.29, 0.717) is 13.0 Å². The fourth-order valence-electron chi connectivity index (χ4n) is 6.10. The van der Waals surface area contributed by atoms with E-state index in [4.69, 9.17) is 9.47 Å². The monoisotopic (exact) mass is 506 g/mol. The van der Waals surface area contributed by atoms with Crippen molar-refractivity contribution in [1.82, 2.24) is 4.57 Å². The second-order valence-corrected chi connectivity index (χ2v) is 11.3. The van der Waals surface area contributed by atoms with Gasteiger partial charge in [0.05, 0.1) is 18.5 Å². The Bertz CT molecular complexity index is 1330. The summed E-state index contributed by atoms with van der Waals surface area (Å²) >= 11 is 0. The van der Waals surface area contributed by atoms with Crippen LogP contribution in [0.15, 0.2) is 48.7 Å². The first-order valence-electron chi connectivity index (χ1n) is 13.1. The molecule has 7 heteroatoms. The molecule has 37 heavy (non-hydrogen) atoms. The minimum absolute atomic E-state index is 0.0603. The molecule has 0 unspecified atom stereocenters. The molecule has 6 nitrogen and oxygen atoms in total. The molecular formula is C30H35FN2O4. The number of rotatable bonds is 4. The molecule has 0 radical (unpaired) electrons. The van der Waals surface area contributed by atoms with Crippen LogP contribution in [-0.4, -0.2) is 41.9 Å². The lowest BCUT2D eigenvalue weighted by molar-refractivity contribution is -0.143. The summed E-state index contributed by atoms with van der Waals surface area (Å²) in [4.78, 5) is 27.2. The van der Waals surface area contributed by atoms with E-state index in [1.54, 1.807) is 16.8 Å². The predicted octanol–water partition coefficient (Wildman–Crippen LogP) is 6.54. The highest BCUT2D eigenvalue weighted by Gasteiger charge is 2.46. The van der Waals surface area contributed by atoms with Crippen LogP contribution in [0.5, 0.6) is 0 Å². The third-order valence-electron chi connectivity index (χ3n) is 7.73. The number of hydrogen-bond donors (Lipinski definition) is 0. The number of fused-ring (bicyclic) bond motifs is 3. The van der Waals surface area contributed by atoms with Crippen molar-refractivity contribution >= 4 is 28.7 Å². The average molecular weight is 507 g/mol. The Morgan fingerprint density at radius 3 is 2.54 bits per heavy atom. The van der Waals surface area contributed by atoms with Gasteiger partial charge < -0.3 is 14.4 Å². The van der Waals surface area contributed by atoms with Crippen LogP contribution < -0.4 is 4.90 Å². The molecule has 196 valence electrons. The van der Waals surface area contributed by atoms with E-state index in [0.717, 1.165) is 60.1 Å². The molecule has 0 bridgehead atoms. The van der Waals surface area contributed by atoms with Crippen LogP contribution in [0.1, 0.15) is 70.4 Å². The van der Waals surface area contributed by atoms with Crippen molar-refractivity contribution in [3.63, 3.8) is 0 Å². The molecule has 1 spiro atoms. The maximum Gasteiger partial charge on any atom is 0.418 e. The number of aromatic nitrogens is 1. The Morgan fingerprint density at radius 1 is 1.08 bits per heavy atom. The number of hydrogen-bond acceptors (Lipinski definition) is 5. The molecule has 2 aliphatic rings. The summed E-state index contributed by atoms with van der Waals surface area (Å²) in [7, 11) is 0. The zero-order valence-electron chi connectivity index (χ0n) is 22.1. The van der Waals surface area contributed by atoms with E-state index in [2.05, 4.69) is 11.0 Å². The van der Waals surface area contributed by atoms with E-state index >= 15 is 0 Å². The second kappa shape index (κ2) is 9.51. The van der Waals surface area contributed by atoms with Gasteiger partial charge in [-0.1, -0.05) is 6.07 Å². The number of anilines is 1. The molecule has 1 saturated heterocycles. The van der Waals surface area contributed by atoms with Crippen LogP contribution in [-0.2, 0) is 19.7 Å². The number of piperidine rings is 1. The topological polar surface area (TPSA) is 60.8 Å². The molecule has 5 rings (SSSR count). The summed E-state index contributed by atoms with van der Waals surface area (Å²) in [6.45, 7) is 9.42. The van der Waals surface area contributed by atoms with Crippen molar-refractivity contribution in [3.05, 3.63) is 65.6 Å². The van der Waals surface area contributed by atoms with Gasteiger partial charge in [0.25, 0.3) is 0 Å². The van der Waals surface area contributed by atoms with E-state index < -0.39 is 5.60 Å². The van der Waals surface area contributed by atoms with Crippen LogP contribution >= 0.6 is 0 Å². The van der Waals surface area contributed by atoms with E-state index in [1.165, 1.54) is 6.07 Å². The lowest BCUT2D eigenvalue weighted by Gasteiger charge is -2.41. The van der Waals surface area contributed by atoms with Gasteiger partial charge in [-0.15, -0.1) is 0 Å². The number of carbonyl (C=O) groups is 2. The lowest BCUT2D eigenvalue weighted by atomic mass is 9.73. The average Bonchev–Trinajstić information content (AvgIpc) is 3.38. The van der Waals surface area contributed by atoms with Gasteiger partial charge in [-0.05, 0) is 106 Å². The smallest absolute Gasteiger partial charge is 0.418 e. The molecule has 3 aromatic rings. The maximum absolute atomic E-state index is 14.3. The van der Waals surface area contributed by atoms with Crippen LogP contribution in [0.3, 0.4) is 0 Å². The van der Waals surface area contributed by atoms with E-state index in [9.17, 15) is 14.0 Å². The molecule has 1 aliphatic heterocycles. The SMILES string of the molecule is CCOC(=O)C[C@@H]1CC2(CCN(c3ccc4c(ccn4C(=O)OC(C)(C)C)c3)CC2)c2cc(F)ccc21. The normalized spacial score (nSPS) is 18.7. The molecule has 0 amide bonds. The van der Waals surface area contributed by atoms with Gasteiger partial charge in [0.2, 0.25) is 0 Å². The Labute approximate surface area is 217 Å². The van der Waals surface area contributed by atoms with Gasteiger partial charge in [-0.3, -0.25) is 9.36 Å². The van der Waals surface area contributed by atoms with Crippen LogP contribution in [0.4, 0.5) is 14.9 Å². The van der Waals surface area contributed by atoms with Gasteiger partial charge >= 0.3 is 12.1 Å². The van der Waals surface area contributed by atoms with Crippen molar-refractivity contribution in [3.8, 4) is 0 Å². The van der Waals surface area contributed by atoms with Gasteiger partial charge in [-0.2, -0.15) is 0 Å². The zero-order chi connectivity index (χ0) is 26.4. The molecule has 1 aromatic heterocycles. The van der Waals surface area contributed by atoms with Gasteiger partial charge in [0.1, 0.15) is 11.4 Å². The fraction of sp³-hybridized carbons (Fsp3) is 0.467. The molecular weight excluding hydrogens is 471 g/mol. The summed E-state index contributed by atoms with van der Waals surface area (Å²) in [5, 5.41) is 0.978. The second-order valence-electron chi connectivity index (χ2n) is 11.3. The van der Waals surface area contributed by atoms with Crippen molar-refractivity contribution in [1.29, 1.82) is 0 Å². The third kappa shape index (κ3) is 4.96. The molecule has 2 aromatic carbocycles. The highest BCUT2D eigenvalue weighted by molar-refractivity contribution is 5.91. The van der Waals surface area contributed by atoms with Crippen molar-refractivity contribution in [2.75, 3.05) is 24.6 Å². The first kappa shape index (κ1) is 25.3. The predicted molar refractivity (Wildman–Crippen MR) is 142 cm³/mol. The number of carbonyl (C=O) groups excluding carboxylic acids is 2. The highest BCUT2D eigenvalue weighted by atomic mass is 19.1. The van der Waals surface area contributed by atoms with Crippen molar-refractivity contribution < 1.29 is 23.5 Å². The number of halogens is 1. The third-order valence-corrected chi connectivity index (χ3v) is 7.73. The van der Waals surface area contributed by atoms with Crippen LogP contribution in [0.25, 0.3) is 10.9 Å². The van der Waals surface area contributed by atoms with Crippen molar-refractivity contribution in [2.45, 2.75) is 70.3 Å². The lowest BCUT2D eigenvalue weighted by Crippen LogP contribution is -2.41. The van der Waals surface area contributed by atoms with Gasteiger partial charge in [-0.25, -0.2) is 9.18 Å². The number of ether oxygens (including phenoxy) is 2. The number of nitrogens with zero attached hydrogens (tertiary/aromatic N) is 2. The molecule has 1 fully saturated rings. The quantitative estimate of drug-likeness (QED) is 0.376. The molecule has 0 N–H and O–H groups in total. The molecule has 0 saturated carbocycles. The standard InChI is InChI=1S/C30H35FN2O4/c1-5-36-27(34)17-21-19-30(25-18-22(31)6-8-24(21)25)11-14-32(15-12-30)23-7-9-26-20(16-23)10-13-33(26)28(35)37-29(2,3)4/h6-10,13,16,18,21H,5,11-12,14-15,17,19H2,1-4H3/t21-/m1/s1. The number of benzene rings is 2. The van der Waals surface area contributed by atoms with Gasteiger partial charge in [0, 0.05) is 30.4 Å². The molecule has 2 heterocycles. The summed E-state index contributed by atoms with van der Waals surface area (Å²) in [6, 6.07) is 13.1. The van der Waals surface area contributed by atoms with Gasteiger partial charge in [0.15, 0.2) is 0 Å². The van der Waals surface area contributed by atoms with Crippen LogP contribution in [0, 0.1) is 5.82 Å². The minimum Gasteiger partial charge on any atom is -0.466 e. The Morgan fingerprint density at radius 2 is 1.84 bits per heavy atom. The fourth-order valence-corrected chi connectivity index (χ4v) is 6.10. The number of esters is 1. The summed E-state index contributed by atoms with van der Waals surface area (Å²) in [6.07, 6.45) is 4.32. The molecule has 1 aliphatic carbocycles. The van der Waals surface area contributed by atoms with Crippen molar-refractivity contribution in [2.24, 2.45) is 0 Å². The Balaban J connectivity index is 1.33. The zero-order valence-corrected chi connectivity index (χ0v) is 22.1. The Kier molecular flexibility index (Phi) is 6.50. The van der Waals surface area contributed by atoms with E-state index in [-0.39, 0.29) is 29.2 Å². The summed E-state index contributed by atoms with van der Waals surface area (Å²) in [5.74, 6) is -0.355. The largest absolute Gasteiger partial charge is 0.466 e. The van der Waals surface area contributed by atoms with Crippen LogP contribution in [0.2, 0.25) is 0 Å². The highest BCUT2D eigenvalue weighted by Crippen LogP contribution is 2.53. The maximum atomic E-state index is 14.3. The minimum atomic E-state index is -0.561. The molecule has 1 atom stereocenters. The first-order chi connectivity index (χ1) is 17.6. The summed E-state index contributed by atoms with van der Waals surface area (Å²) < 4.78 is 26.6. The van der Waals surface area contributed by atoms with E-state index in [1.807, 2.05) is 52.0 Å².